The fraction of sp³-hybridized carbons (Fsp3) is 0.0270. The summed E-state index contributed by atoms with van der Waals surface area (Å²) in [5.41, 5.74) is 11.0. The Bertz CT molecular complexity index is 2220. The molecule has 0 fully saturated rings. The largest absolute Gasteiger partial charge is 0.327 e. The molecule has 0 unspecified atom stereocenters. The van der Waals surface area contributed by atoms with Gasteiger partial charge in [0.25, 0.3) is 0 Å². The molecule has 0 saturated carbocycles. The maximum atomic E-state index is 4.98. The van der Waals surface area contributed by atoms with E-state index in [1.165, 1.54) is 21.9 Å². The molecule has 4 heteroatoms. The van der Waals surface area contributed by atoms with Crippen LogP contribution in [0.2, 0.25) is 0 Å². The highest BCUT2D eigenvalue weighted by molar-refractivity contribution is 6.10. The molecule has 0 amide bonds. The molecule has 0 spiro atoms. The number of hydrogen-bond donors (Lipinski definition) is 0. The summed E-state index contributed by atoms with van der Waals surface area (Å²) in [5.74, 6) is 0.959. The van der Waals surface area contributed by atoms with Crippen molar-refractivity contribution in [2.24, 2.45) is 7.05 Å². The van der Waals surface area contributed by atoms with Gasteiger partial charge in [-0.15, -0.1) is 0 Å². The van der Waals surface area contributed by atoms with Gasteiger partial charge in [-0.25, -0.2) is 4.98 Å². The number of aromatic nitrogens is 4. The number of rotatable bonds is 4. The molecule has 0 saturated heterocycles. The Hall–Kier alpha value is -5.48. The normalized spacial score (nSPS) is 11.5. The topological polar surface area (TPSA) is 35.6 Å². The van der Waals surface area contributed by atoms with Crippen LogP contribution in [0.4, 0.5) is 0 Å². The van der Waals surface area contributed by atoms with E-state index in [1.54, 1.807) is 0 Å². The van der Waals surface area contributed by atoms with Gasteiger partial charge in [0, 0.05) is 40.8 Å². The highest BCUT2D eigenvalue weighted by Gasteiger charge is 2.16. The second-order valence-electron chi connectivity index (χ2n) is 10.4. The first kappa shape index (κ1) is 23.4. The van der Waals surface area contributed by atoms with Crippen LogP contribution >= 0.6 is 0 Å². The van der Waals surface area contributed by atoms with Gasteiger partial charge in [-0.1, -0.05) is 84.9 Å². The summed E-state index contributed by atoms with van der Waals surface area (Å²) < 4.78 is 4.54. The van der Waals surface area contributed by atoms with Gasteiger partial charge in [-0.05, 0) is 59.7 Å². The lowest BCUT2D eigenvalue weighted by atomic mass is 10.0. The van der Waals surface area contributed by atoms with Crippen molar-refractivity contribution in [3.8, 4) is 39.5 Å². The van der Waals surface area contributed by atoms with Gasteiger partial charge in [-0.2, -0.15) is 0 Å². The maximum Gasteiger partial charge on any atom is 0.140 e. The van der Waals surface area contributed by atoms with E-state index in [-0.39, 0.29) is 0 Å². The van der Waals surface area contributed by atoms with E-state index < -0.39 is 0 Å². The molecule has 3 aromatic heterocycles. The van der Waals surface area contributed by atoms with E-state index >= 15 is 0 Å². The smallest absolute Gasteiger partial charge is 0.140 e. The van der Waals surface area contributed by atoms with Gasteiger partial charge >= 0.3 is 0 Å². The lowest BCUT2D eigenvalue weighted by Gasteiger charge is -2.11. The number of nitrogens with zero attached hydrogens (tertiary/aromatic N) is 4. The van der Waals surface area contributed by atoms with Crippen LogP contribution in [0.1, 0.15) is 0 Å². The van der Waals surface area contributed by atoms with E-state index in [4.69, 9.17) is 9.97 Å². The maximum absolute atomic E-state index is 4.98. The van der Waals surface area contributed by atoms with Gasteiger partial charge in [0.15, 0.2) is 0 Å². The second-order valence-corrected chi connectivity index (χ2v) is 10.4. The molecule has 41 heavy (non-hydrogen) atoms. The summed E-state index contributed by atoms with van der Waals surface area (Å²) >= 11 is 0. The highest BCUT2D eigenvalue weighted by atomic mass is 15.1. The van der Waals surface area contributed by atoms with Crippen LogP contribution in [-0.2, 0) is 7.05 Å². The number of aryl methyl sites for hydroxylation is 1. The molecule has 5 aromatic carbocycles. The predicted molar refractivity (Wildman–Crippen MR) is 169 cm³/mol. The van der Waals surface area contributed by atoms with Crippen molar-refractivity contribution in [1.82, 2.24) is 19.1 Å². The summed E-state index contributed by atoms with van der Waals surface area (Å²) in [6.45, 7) is 0. The van der Waals surface area contributed by atoms with Crippen LogP contribution < -0.4 is 0 Å². The Balaban J connectivity index is 1.31. The molecule has 8 aromatic rings. The molecule has 194 valence electrons. The molecule has 8 rings (SSSR count). The fourth-order valence-electron chi connectivity index (χ4n) is 5.99. The van der Waals surface area contributed by atoms with Crippen LogP contribution in [-0.4, -0.2) is 19.1 Å². The Kier molecular flexibility index (Phi) is 5.32. The Morgan fingerprint density at radius 2 is 1.27 bits per heavy atom. The molecular formula is C37H26N4. The molecule has 0 N–H and O–H groups in total. The van der Waals surface area contributed by atoms with Crippen molar-refractivity contribution in [3.05, 3.63) is 140 Å². The van der Waals surface area contributed by atoms with Crippen molar-refractivity contribution in [2.75, 3.05) is 0 Å². The number of benzene rings is 5. The fourth-order valence-corrected chi connectivity index (χ4v) is 5.99. The Morgan fingerprint density at radius 1 is 0.512 bits per heavy atom. The number of para-hydroxylation sites is 3. The van der Waals surface area contributed by atoms with Crippen LogP contribution in [0, 0.1) is 0 Å². The number of imidazole rings is 1. The third-order valence-corrected chi connectivity index (χ3v) is 7.99. The molecule has 0 aliphatic rings. The molecule has 0 bridgehead atoms. The molecule has 3 heterocycles. The Labute approximate surface area is 237 Å². The van der Waals surface area contributed by atoms with E-state index in [0.29, 0.717) is 0 Å². The minimum Gasteiger partial charge on any atom is -0.327 e. The molecule has 0 aliphatic carbocycles. The molecule has 0 aliphatic heterocycles. The Morgan fingerprint density at radius 3 is 2.15 bits per heavy atom. The first-order valence-corrected chi connectivity index (χ1v) is 13.8. The number of fused-ring (bicyclic) bond motifs is 4. The van der Waals surface area contributed by atoms with Crippen LogP contribution in [0.5, 0.6) is 0 Å². The minimum absolute atomic E-state index is 0.953. The SMILES string of the molecule is Cn1c(-c2ccc3c4ccccc4n(-c4cccc(-c5cc(-c6ccccc6)ccn5)c4)c3c2)nc2ccccc21. The van der Waals surface area contributed by atoms with Crippen molar-refractivity contribution in [2.45, 2.75) is 0 Å². The summed E-state index contributed by atoms with van der Waals surface area (Å²) in [6, 6.07) is 47.0. The summed E-state index contributed by atoms with van der Waals surface area (Å²) in [4.78, 5) is 9.72. The van der Waals surface area contributed by atoms with Gasteiger partial charge in [0.1, 0.15) is 5.82 Å². The third-order valence-electron chi connectivity index (χ3n) is 7.99. The van der Waals surface area contributed by atoms with Crippen LogP contribution in [0.3, 0.4) is 0 Å². The van der Waals surface area contributed by atoms with E-state index in [2.05, 4.69) is 138 Å². The lowest BCUT2D eigenvalue weighted by Crippen LogP contribution is -1.96. The van der Waals surface area contributed by atoms with Gasteiger partial charge in [0.05, 0.1) is 27.8 Å². The van der Waals surface area contributed by atoms with Crippen molar-refractivity contribution >= 4 is 32.8 Å². The monoisotopic (exact) mass is 526 g/mol. The molecule has 0 atom stereocenters. The van der Waals surface area contributed by atoms with Crippen LogP contribution in [0.25, 0.3) is 72.3 Å². The molecule has 4 nitrogen and oxygen atoms in total. The molecular weight excluding hydrogens is 500 g/mol. The minimum atomic E-state index is 0.953. The van der Waals surface area contributed by atoms with Crippen molar-refractivity contribution < 1.29 is 0 Å². The van der Waals surface area contributed by atoms with E-state index in [0.717, 1.165) is 50.4 Å². The highest BCUT2D eigenvalue weighted by Crippen LogP contribution is 2.36. The second kappa shape index (κ2) is 9.32. The average Bonchev–Trinajstić information content (AvgIpc) is 3.56. The van der Waals surface area contributed by atoms with Gasteiger partial charge in [0.2, 0.25) is 0 Å². The molecule has 0 radical (unpaired) electrons. The standard InChI is InChI=1S/C37H26N4/c1-40-35-17-8-6-15-32(35)39-37(40)28-18-19-31-30-14-5-7-16-34(30)41(36(31)24-28)29-13-9-12-27(22-29)33-23-26(20-21-38-33)25-10-3-2-4-11-25/h2-24H,1H3. The quantitative estimate of drug-likeness (QED) is 0.229. The zero-order valence-corrected chi connectivity index (χ0v) is 22.6. The average molecular weight is 527 g/mol. The predicted octanol–water partition coefficient (Wildman–Crippen LogP) is 9.07. The van der Waals surface area contributed by atoms with Gasteiger partial charge < -0.3 is 9.13 Å². The zero-order valence-electron chi connectivity index (χ0n) is 22.6. The summed E-state index contributed by atoms with van der Waals surface area (Å²) in [6.07, 6.45) is 1.90. The van der Waals surface area contributed by atoms with E-state index in [1.807, 2.05) is 18.3 Å². The van der Waals surface area contributed by atoms with Crippen LogP contribution in [0.15, 0.2) is 140 Å². The van der Waals surface area contributed by atoms with Crippen molar-refractivity contribution in [1.29, 1.82) is 0 Å². The van der Waals surface area contributed by atoms with Crippen molar-refractivity contribution in [3.63, 3.8) is 0 Å². The first-order chi connectivity index (χ1) is 20.2. The number of pyridine rings is 1. The summed E-state index contributed by atoms with van der Waals surface area (Å²) in [7, 11) is 2.09. The first-order valence-electron chi connectivity index (χ1n) is 13.8. The summed E-state index contributed by atoms with van der Waals surface area (Å²) in [5, 5.41) is 2.45. The number of hydrogen-bond acceptors (Lipinski definition) is 2. The van der Waals surface area contributed by atoms with E-state index in [9.17, 15) is 0 Å². The third kappa shape index (κ3) is 3.84. The zero-order chi connectivity index (χ0) is 27.3. The van der Waals surface area contributed by atoms with Gasteiger partial charge in [-0.3, -0.25) is 4.98 Å². The lowest BCUT2D eigenvalue weighted by molar-refractivity contribution is 0.959.